The van der Waals surface area contributed by atoms with E-state index in [0.29, 0.717) is 19.4 Å². The van der Waals surface area contributed by atoms with Crippen molar-refractivity contribution in [1.29, 1.82) is 0 Å². The predicted molar refractivity (Wildman–Crippen MR) is 96.0 cm³/mol. The Kier molecular flexibility index (Phi) is 7.76. The Balaban J connectivity index is 1.90. The van der Waals surface area contributed by atoms with Gasteiger partial charge in [0.25, 0.3) is 0 Å². The number of ether oxygens (including phenoxy) is 1. The maximum absolute atomic E-state index is 12.5. The third-order valence-electron chi connectivity index (χ3n) is 4.22. The van der Waals surface area contributed by atoms with Gasteiger partial charge in [0.2, 0.25) is 11.8 Å². The van der Waals surface area contributed by atoms with Crippen LogP contribution in [0.5, 0.6) is 0 Å². The molecule has 1 aromatic rings. The van der Waals surface area contributed by atoms with Gasteiger partial charge in [-0.2, -0.15) is 0 Å². The molecule has 0 saturated carbocycles. The molecule has 2 rings (SSSR count). The van der Waals surface area contributed by atoms with Crippen molar-refractivity contribution in [3.8, 4) is 0 Å². The molecule has 1 aliphatic heterocycles. The minimum Gasteiger partial charge on any atom is -0.480 e. The van der Waals surface area contributed by atoms with Gasteiger partial charge in [0.15, 0.2) is 0 Å². The van der Waals surface area contributed by atoms with E-state index in [9.17, 15) is 24.3 Å². The zero-order valence-corrected chi connectivity index (χ0v) is 15.2. The van der Waals surface area contributed by atoms with Gasteiger partial charge in [-0.05, 0) is 18.4 Å². The summed E-state index contributed by atoms with van der Waals surface area (Å²) in [6.45, 7) is -0.934. The topological polar surface area (TPSA) is 145 Å². The molecule has 1 fully saturated rings. The van der Waals surface area contributed by atoms with Gasteiger partial charge < -0.3 is 25.6 Å². The number of aliphatic carboxylic acids is 1. The molecule has 1 heterocycles. The van der Waals surface area contributed by atoms with E-state index < -0.39 is 49.1 Å². The second-order valence-corrected chi connectivity index (χ2v) is 6.25. The number of carboxylic acids is 1. The normalized spacial score (nSPS) is 16.9. The van der Waals surface area contributed by atoms with Crippen LogP contribution in [0.15, 0.2) is 30.3 Å². The number of carbonyl (C=O) groups excluding carboxylic acids is 3. The van der Waals surface area contributed by atoms with Crippen LogP contribution in [-0.2, 0) is 25.7 Å². The van der Waals surface area contributed by atoms with Crippen molar-refractivity contribution in [2.75, 3.05) is 19.7 Å². The fraction of sp³-hybridized carbons (Fsp3) is 0.444. The maximum Gasteiger partial charge on any atom is 0.410 e. The summed E-state index contributed by atoms with van der Waals surface area (Å²) in [5.41, 5.74) is 0.812. The lowest BCUT2D eigenvalue weighted by atomic mass is 10.2. The molecule has 0 aliphatic carbocycles. The number of rotatable bonds is 8. The molecule has 10 heteroatoms. The third-order valence-corrected chi connectivity index (χ3v) is 4.22. The van der Waals surface area contributed by atoms with Crippen LogP contribution in [0.1, 0.15) is 18.4 Å². The number of carbonyl (C=O) groups is 4. The Labute approximate surface area is 161 Å². The molecule has 0 bridgehead atoms. The molecule has 4 N–H and O–H groups in total. The maximum atomic E-state index is 12.5. The van der Waals surface area contributed by atoms with E-state index in [2.05, 4.69) is 10.6 Å². The predicted octanol–water partition coefficient (Wildman–Crippen LogP) is -0.534. The lowest BCUT2D eigenvalue weighted by Crippen LogP contribution is -2.54. The van der Waals surface area contributed by atoms with Gasteiger partial charge >= 0.3 is 12.1 Å². The highest BCUT2D eigenvalue weighted by Crippen LogP contribution is 2.19. The first kappa shape index (κ1) is 21.2. The highest BCUT2D eigenvalue weighted by molar-refractivity contribution is 5.92. The van der Waals surface area contributed by atoms with Gasteiger partial charge in [0, 0.05) is 6.54 Å². The van der Waals surface area contributed by atoms with E-state index in [1.807, 2.05) is 30.3 Å². The Morgan fingerprint density at radius 1 is 1.21 bits per heavy atom. The largest absolute Gasteiger partial charge is 0.480 e. The van der Waals surface area contributed by atoms with Crippen molar-refractivity contribution in [2.45, 2.75) is 31.5 Å². The summed E-state index contributed by atoms with van der Waals surface area (Å²) >= 11 is 0. The van der Waals surface area contributed by atoms with Crippen LogP contribution in [0.25, 0.3) is 0 Å². The molecule has 0 radical (unpaired) electrons. The summed E-state index contributed by atoms with van der Waals surface area (Å²) in [4.78, 5) is 48.4. The number of carboxylic acid groups (broad SMARTS) is 1. The standard InChI is InChI=1S/C18H23N3O7/c22-10-13(16(25)19-9-15(23)24)20-17(26)14-7-4-8-21(14)18(27)28-11-12-5-2-1-3-6-12/h1-3,5-6,13-14,22H,4,7-11H2,(H,19,25)(H,20,26)(H,23,24)/t13-,14-/m0/s1. The van der Waals surface area contributed by atoms with Crippen LogP contribution in [0.4, 0.5) is 4.79 Å². The Hall–Kier alpha value is -3.14. The van der Waals surface area contributed by atoms with Gasteiger partial charge in [-0.25, -0.2) is 4.79 Å². The van der Waals surface area contributed by atoms with Gasteiger partial charge in [0.05, 0.1) is 6.61 Å². The molecule has 0 unspecified atom stereocenters. The number of hydrogen-bond acceptors (Lipinski definition) is 6. The van der Waals surface area contributed by atoms with Gasteiger partial charge in [0.1, 0.15) is 25.2 Å². The second-order valence-electron chi connectivity index (χ2n) is 6.25. The minimum atomic E-state index is -1.31. The summed E-state index contributed by atoms with van der Waals surface area (Å²) in [5, 5.41) is 22.3. The number of aliphatic hydroxyl groups excluding tert-OH is 1. The van der Waals surface area contributed by atoms with Crippen molar-refractivity contribution in [3.63, 3.8) is 0 Å². The minimum absolute atomic E-state index is 0.0708. The monoisotopic (exact) mass is 393 g/mol. The van der Waals surface area contributed by atoms with Gasteiger partial charge in [-0.15, -0.1) is 0 Å². The number of nitrogens with zero attached hydrogens (tertiary/aromatic N) is 1. The molecule has 3 amide bonds. The lowest BCUT2D eigenvalue weighted by Gasteiger charge is -2.25. The molecule has 1 aliphatic rings. The first-order valence-electron chi connectivity index (χ1n) is 8.80. The van der Waals surface area contributed by atoms with Crippen molar-refractivity contribution < 1.29 is 34.1 Å². The van der Waals surface area contributed by atoms with Crippen LogP contribution >= 0.6 is 0 Å². The summed E-state index contributed by atoms with van der Waals surface area (Å²) in [7, 11) is 0. The van der Waals surface area contributed by atoms with Crippen molar-refractivity contribution >= 4 is 23.9 Å². The Morgan fingerprint density at radius 2 is 1.93 bits per heavy atom. The van der Waals surface area contributed by atoms with E-state index in [1.54, 1.807) is 0 Å². The van der Waals surface area contributed by atoms with E-state index in [-0.39, 0.29) is 6.61 Å². The van der Waals surface area contributed by atoms with Crippen LogP contribution in [0.2, 0.25) is 0 Å². The summed E-state index contributed by atoms with van der Waals surface area (Å²) in [6, 6.07) is 6.96. The quantitative estimate of drug-likeness (QED) is 0.464. The zero-order valence-electron chi connectivity index (χ0n) is 15.2. The number of likely N-dealkylation sites (tertiary alicyclic amines) is 1. The molecule has 0 spiro atoms. The van der Waals surface area contributed by atoms with Gasteiger partial charge in [-0.3, -0.25) is 19.3 Å². The molecule has 0 aromatic heterocycles. The molecule has 28 heavy (non-hydrogen) atoms. The molecule has 1 aromatic carbocycles. The molecular formula is C18H23N3O7. The Bertz CT molecular complexity index is 710. The second kappa shape index (κ2) is 10.3. The highest BCUT2D eigenvalue weighted by Gasteiger charge is 2.36. The molecule has 10 nitrogen and oxygen atoms in total. The van der Waals surface area contributed by atoms with E-state index in [0.717, 1.165) is 5.56 Å². The molecule has 2 atom stereocenters. The summed E-state index contributed by atoms with van der Waals surface area (Å²) < 4.78 is 5.25. The summed E-state index contributed by atoms with van der Waals surface area (Å²) in [5.74, 6) is -2.69. The van der Waals surface area contributed by atoms with E-state index in [1.165, 1.54) is 4.90 Å². The van der Waals surface area contributed by atoms with Crippen molar-refractivity contribution in [2.24, 2.45) is 0 Å². The average molecular weight is 393 g/mol. The van der Waals surface area contributed by atoms with Crippen LogP contribution in [-0.4, -0.2) is 70.8 Å². The van der Waals surface area contributed by atoms with Crippen molar-refractivity contribution in [3.05, 3.63) is 35.9 Å². The number of amides is 3. The number of benzene rings is 1. The summed E-state index contributed by atoms with van der Waals surface area (Å²) in [6.07, 6.45) is 0.340. The number of nitrogens with one attached hydrogen (secondary N) is 2. The van der Waals surface area contributed by atoms with Crippen molar-refractivity contribution in [1.82, 2.24) is 15.5 Å². The SMILES string of the molecule is O=C(O)CNC(=O)[C@H](CO)NC(=O)[C@@H]1CCCN1C(=O)OCc1ccccc1. The fourth-order valence-electron chi connectivity index (χ4n) is 2.81. The molecular weight excluding hydrogens is 370 g/mol. The van der Waals surface area contributed by atoms with Crippen LogP contribution < -0.4 is 10.6 Å². The van der Waals surface area contributed by atoms with E-state index >= 15 is 0 Å². The first-order valence-corrected chi connectivity index (χ1v) is 8.80. The molecule has 152 valence electrons. The van der Waals surface area contributed by atoms with Gasteiger partial charge in [-0.1, -0.05) is 30.3 Å². The fourth-order valence-corrected chi connectivity index (χ4v) is 2.81. The van der Waals surface area contributed by atoms with Crippen LogP contribution in [0, 0.1) is 0 Å². The number of aliphatic hydroxyl groups is 1. The molecule has 1 saturated heterocycles. The zero-order chi connectivity index (χ0) is 20.5. The highest BCUT2D eigenvalue weighted by atomic mass is 16.6. The van der Waals surface area contributed by atoms with E-state index in [4.69, 9.17) is 9.84 Å². The third kappa shape index (κ3) is 5.95. The first-order chi connectivity index (χ1) is 13.4. The smallest absolute Gasteiger partial charge is 0.410 e. The Morgan fingerprint density at radius 3 is 2.57 bits per heavy atom. The number of hydrogen-bond donors (Lipinski definition) is 4. The van der Waals surface area contributed by atoms with Crippen LogP contribution in [0.3, 0.4) is 0 Å². The lowest BCUT2D eigenvalue weighted by molar-refractivity contribution is -0.138. The average Bonchev–Trinajstić information content (AvgIpc) is 3.19.